The summed E-state index contributed by atoms with van der Waals surface area (Å²) in [5, 5.41) is 11.2. The van der Waals surface area contributed by atoms with Gasteiger partial charge in [-0.2, -0.15) is 0 Å². The van der Waals surface area contributed by atoms with Crippen LogP contribution in [0.25, 0.3) is 22.3 Å². The number of benzene rings is 10. The average molecular weight is 1060 g/mol. The summed E-state index contributed by atoms with van der Waals surface area (Å²) in [5.41, 5.74) is 10.9. The molecule has 0 amide bonds. The van der Waals surface area contributed by atoms with E-state index in [4.69, 9.17) is 0 Å². The molecule has 340 valence electrons. The fourth-order valence-electron chi connectivity index (χ4n) is 12.0. The third-order valence-electron chi connectivity index (χ3n) is 15.4. The molecule has 10 aromatic carbocycles. The van der Waals surface area contributed by atoms with E-state index >= 15 is 0 Å². The minimum absolute atomic E-state index is 0.0816. The van der Waals surface area contributed by atoms with Crippen LogP contribution in [0, 0.1) is 0 Å². The Kier molecular flexibility index (Phi) is 12.1. The van der Waals surface area contributed by atoms with Crippen LogP contribution in [0.5, 0.6) is 0 Å². The van der Waals surface area contributed by atoms with Crippen LogP contribution in [0.2, 0.25) is 0 Å². The van der Waals surface area contributed by atoms with Gasteiger partial charge in [0.15, 0.2) is 16.1 Å². The van der Waals surface area contributed by atoms with Crippen LogP contribution >= 0.6 is 31.9 Å². The highest BCUT2D eigenvalue weighted by Crippen LogP contribution is 2.50. The van der Waals surface area contributed by atoms with Crippen molar-refractivity contribution in [2.45, 2.75) is 38.5 Å². The monoisotopic (exact) mass is 1060 g/mol. The molecule has 0 heterocycles. The van der Waals surface area contributed by atoms with Crippen molar-refractivity contribution in [3.63, 3.8) is 0 Å². The Labute approximate surface area is 433 Å². The molecule has 0 spiro atoms. The fourth-order valence-corrected chi connectivity index (χ4v) is 22.3. The number of rotatable bonds is 8. The van der Waals surface area contributed by atoms with Crippen LogP contribution in [0.3, 0.4) is 0 Å². The van der Waals surface area contributed by atoms with E-state index in [2.05, 4.69) is 314 Å². The Morgan fingerprint density at radius 3 is 0.700 bits per heavy atom. The molecule has 0 saturated heterocycles. The summed E-state index contributed by atoms with van der Waals surface area (Å²) in [7, 11) is -5.35. The van der Waals surface area contributed by atoms with E-state index < -0.39 is 16.1 Å². The summed E-state index contributed by atoms with van der Waals surface area (Å²) in [4.78, 5) is 0. The van der Waals surface area contributed by atoms with Crippen LogP contribution in [0.1, 0.15) is 49.9 Å². The maximum atomic E-state index is 3.57. The van der Waals surface area contributed by atoms with Crippen molar-refractivity contribution in [2.24, 2.45) is 0 Å². The summed E-state index contributed by atoms with van der Waals surface area (Å²) in [6.45, 7) is 9.46. The van der Waals surface area contributed by atoms with Gasteiger partial charge < -0.3 is 0 Å². The van der Waals surface area contributed by atoms with E-state index in [1.165, 1.54) is 86.0 Å². The SMILES string of the molecule is CC1(C)c2cc(Br)ccc2-c2ccc(Br)cc21.CC1(C)c2cc([Si](c3ccccc3)(c3ccccc3)c3ccccc3)ccc2-c2ccc([Si](c3ccccc3)(c3ccccc3)c3ccccc3)cc21. The second-order valence-corrected chi connectivity index (χ2v) is 29.3. The Balaban J connectivity index is 0.000000263. The van der Waals surface area contributed by atoms with Gasteiger partial charge in [-0.25, -0.2) is 0 Å². The molecule has 2 aliphatic rings. The third kappa shape index (κ3) is 7.50. The Morgan fingerprint density at radius 2 is 0.457 bits per heavy atom. The van der Waals surface area contributed by atoms with E-state index in [1.54, 1.807) is 0 Å². The topological polar surface area (TPSA) is 0 Å². The fraction of sp³-hybridized carbons (Fsp3) is 0.0909. The normalized spacial score (nSPS) is 13.8. The molecule has 0 bridgehead atoms. The quantitative estimate of drug-likeness (QED) is 0.105. The van der Waals surface area contributed by atoms with Crippen LogP contribution < -0.4 is 41.5 Å². The lowest BCUT2D eigenvalue weighted by molar-refractivity contribution is 0.659. The predicted octanol–water partition coefficient (Wildman–Crippen LogP) is 12.3. The van der Waals surface area contributed by atoms with Gasteiger partial charge in [-0.15, -0.1) is 0 Å². The maximum Gasteiger partial charge on any atom is 0.179 e. The summed E-state index contributed by atoms with van der Waals surface area (Å²) in [6, 6.07) is 95.7. The van der Waals surface area contributed by atoms with Crippen LogP contribution in [0.15, 0.2) is 264 Å². The van der Waals surface area contributed by atoms with Crippen LogP contribution in [-0.4, -0.2) is 16.1 Å². The van der Waals surface area contributed by atoms with E-state index in [0.29, 0.717) is 0 Å². The first kappa shape index (κ1) is 46.0. The van der Waals surface area contributed by atoms with Crippen LogP contribution in [0.4, 0.5) is 0 Å². The van der Waals surface area contributed by atoms with Gasteiger partial charge in [-0.05, 0) is 110 Å². The summed E-state index contributed by atoms with van der Waals surface area (Å²) < 4.78 is 2.30. The zero-order valence-corrected chi connectivity index (χ0v) is 45.2. The molecule has 0 nitrogen and oxygen atoms in total. The van der Waals surface area contributed by atoms with Gasteiger partial charge in [0.25, 0.3) is 0 Å². The molecule has 0 unspecified atom stereocenters. The van der Waals surface area contributed by atoms with Gasteiger partial charge in [-0.1, -0.05) is 290 Å². The molecule has 0 saturated carbocycles. The molecule has 12 rings (SSSR count). The molecule has 0 aliphatic heterocycles. The second kappa shape index (κ2) is 18.4. The highest BCUT2D eigenvalue weighted by atomic mass is 79.9. The van der Waals surface area contributed by atoms with Crippen molar-refractivity contribution in [2.75, 3.05) is 0 Å². The summed E-state index contributed by atoms with van der Waals surface area (Å²) in [6.07, 6.45) is 0. The van der Waals surface area contributed by atoms with E-state index in [0.717, 1.165) is 8.95 Å². The lowest BCUT2D eigenvalue weighted by atomic mass is 9.82. The molecular formula is C66H54Br2Si2. The largest absolute Gasteiger partial charge is 0.179 e. The minimum atomic E-state index is -2.67. The van der Waals surface area contributed by atoms with Crippen molar-refractivity contribution in [1.82, 2.24) is 0 Å². The third-order valence-corrected chi connectivity index (χ3v) is 25.9. The first-order chi connectivity index (χ1) is 34.0. The van der Waals surface area contributed by atoms with Gasteiger partial charge in [0.1, 0.15) is 0 Å². The highest BCUT2D eigenvalue weighted by molar-refractivity contribution is 9.10. The standard InChI is InChI=1S/C51H42Si2.C15H12Br2/c1-51(2)49-37-45(52(39-21-9-3-10-22-39,40-23-11-4-12-24-40)41-25-13-5-14-26-41)33-35-47(49)48-36-34-46(38-50(48)51)53(42-27-15-6-16-28-42,43-29-17-7-18-30-43)44-31-19-8-20-32-44;1-15(2)13-7-9(16)3-5-11(13)12-6-4-10(17)8-14(12)15/h3-38H,1-2H3;3-8H,1-2H3. The molecule has 10 aromatic rings. The summed E-state index contributed by atoms with van der Waals surface area (Å²) in [5.74, 6) is 0. The van der Waals surface area contributed by atoms with Gasteiger partial charge in [-0.3, -0.25) is 0 Å². The van der Waals surface area contributed by atoms with Crippen molar-refractivity contribution < 1.29 is 0 Å². The van der Waals surface area contributed by atoms with Crippen molar-refractivity contribution in [3.05, 3.63) is 286 Å². The van der Waals surface area contributed by atoms with E-state index in [9.17, 15) is 0 Å². The molecule has 4 heteroatoms. The second-order valence-electron chi connectivity index (χ2n) is 19.8. The molecule has 2 aliphatic carbocycles. The Morgan fingerprint density at radius 1 is 0.243 bits per heavy atom. The van der Waals surface area contributed by atoms with Gasteiger partial charge in [0.2, 0.25) is 0 Å². The Bertz CT molecular complexity index is 3060. The average Bonchev–Trinajstić information content (AvgIpc) is 3.76. The lowest BCUT2D eigenvalue weighted by Crippen LogP contribution is -2.74. The first-order valence-electron chi connectivity index (χ1n) is 24.3. The zero-order chi connectivity index (χ0) is 48.1. The van der Waals surface area contributed by atoms with Crippen molar-refractivity contribution in [1.29, 1.82) is 0 Å². The maximum absolute atomic E-state index is 3.57. The Hall–Kier alpha value is -6.41. The molecule has 0 fully saturated rings. The molecule has 0 radical (unpaired) electrons. The summed E-state index contributed by atoms with van der Waals surface area (Å²) >= 11 is 7.13. The molecule has 70 heavy (non-hydrogen) atoms. The van der Waals surface area contributed by atoms with E-state index in [-0.39, 0.29) is 10.8 Å². The molecule has 0 atom stereocenters. The zero-order valence-electron chi connectivity index (χ0n) is 40.0. The molecule has 0 aromatic heterocycles. The van der Waals surface area contributed by atoms with Crippen LogP contribution in [-0.2, 0) is 10.8 Å². The first-order valence-corrected chi connectivity index (χ1v) is 29.9. The van der Waals surface area contributed by atoms with Crippen molar-refractivity contribution in [3.8, 4) is 22.3 Å². The number of hydrogen-bond acceptors (Lipinski definition) is 0. The minimum Gasteiger partial charge on any atom is -0.0623 e. The predicted molar refractivity (Wildman–Crippen MR) is 311 cm³/mol. The van der Waals surface area contributed by atoms with E-state index in [1.807, 2.05) is 0 Å². The molecular weight excluding hydrogens is 1010 g/mol. The number of hydrogen-bond donors (Lipinski definition) is 0. The molecule has 0 N–H and O–H groups in total. The van der Waals surface area contributed by atoms with Crippen molar-refractivity contribution >= 4 is 89.5 Å². The van der Waals surface area contributed by atoms with Gasteiger partial charge >= 0.3 is 0 Å². The highest BCUT2D eigenvalue weighted by Gasteiger charge is 2.46. The van der Waals surface area contributed by atoms with Gasteiger partial charge in [0, 0.05) is 19.8 Å². The number of fused-ring (bicyclic) bond motifs is 6. The van der Waals surface area contributed by atoms with Gasteiger partial charge in [0.05, 0.1) is 0 Å². The smallest absolute Gasteiger partial charge is 0.0623 e. The lowest BCUT2D eigenvalue weighted by Gasteiger charge is -2.36. The number of halogens is 2.